The van der Waals surface area contributed by atoms with Gasteiger partial charge >= 0.3 is 5.97 Å². The second kappa shape index (κ2) is 21.0. The first kappa shape index (κ1) is 41.7. The maximum atomic E-state index is 13.7. The van der Waals surface area contributed by atoms with Gasteiger partial charge in [-0.25, -0.2) is 4.79 Å². The molecule has 0 aliphatic carbocycles. The predicted octanol–water partition coefficient (Wildman–Crippen LogP) is 6.04. The van der Waals surface area contributed by atoms with E-state index < -0.39 is 41.5 Å². The summed E-state index contributed by atoms with van der Waals surface area (Å²) in [5.41, 5.74) is 1.89. The summed E-state index contributed by atoms with van der Waals surface area (Å²) in [6.07, 6.45) is 16.3. The number of aliphatic hydroxyl groups is 1. The lowest BCUT2D eigenvalue weighted by molar-refractivity contribution is -0.265. The number of carbonyl (C=O) groups is 4. The van der Waals surface area contributed by atoms with E-state index in [1.54, 1.807) is 20.1 Å². The minimum atomic E-state index is -2.33. The third-order valence-electron chi connectivity index (χ3n) is 9.77. The van der Waals surface area contributed by atoms with Crippen LogP contribution in [0.3, 0.4) is 0 Å². The van der Waals surface area contributed by atoms with E-state index in [0.29, 0.717) is 38.5 Å². The lowest BCUT2D eigenvalue weighted by atomic mass is 9.85. The second-order valence-corrected chi connectivity index (χ2v) is 13.9. The summed E-state index contributed by atoms with van der Waals surface area (Å²) in [5.74, 6) is -5.28. The fourth-order valence-corrected chi connectivity index (χ4v) is 6.57. The van der Waals surface area contributed by atoms with Crippen molar-refractivity contribution in [3.05, 3.63) is 77.9 Å². The number of likely N-dealkylation sites (tertiary alicyclic amines) is 1. The summed E-state index contributed by atoms with van der Waals surface area (Å²) in [6.45, 7) is 7.99. The van der Waals surface area contributed by atoms with Gasteiger partial charge < -0.3 is 29.0 Å². The summed E-state index contributed by atoms with van der Waals surface area (Å²) in [4.78, 5) is 53.6. The van der Waals surface area contributed by atoms with Crippen LogP contribution in [-0.2, 0) is 38.1 Å². The number of esters is 1. The number of carbonyl (C=O) groups excluding carboxylic acids is 4. The normalized spacial score (nSPS) is 24.9. The molecule has 3 rings (SSSR count). The molecule has 51 heavy (non-hydrogen) atoms. The zero-order chi connectivity index (χ0) is 37.4. The Hall–Kier alpha value is -3.70. The highest BCUT2D eigenvalue weighted by Crippen LogP contribution is 2.36. The minimum absolute atomic E-state index is 0.0321. The van der Waals surface area contributed by atoms with Crippen LogP contribution in [0, 0.1) is 17.8 Å². The number of methoxy groups -OCH3 is 2. The third-order valence-corrected chi connectivity index (χ3v) is 9.77. The topological polar surface area (TPSA) is 129 Å². The highest BCUT2D eigenvalue weighted by Gasteiger charge is 2.52. The van der Waals surface area contributed by atoms with Gasteiger partial charge in [-0.05, 0) is 68.6 Å². The van der Waals surface area contributed by atoms with Crippen molar-refractivity contribution >= 4 is 29.5 Å². The summed E-state index contributed by atoms with van der Waals surface area (Å²) in [5, 5.41) is 11.6. The minimum Gasteiger partial charge on any atom is -0.460 e. The number of piperidine rings is 1. The molecule has 1 aromatic rings. The van der Waals surface area contributed by atoms with Crippen LogP contribution in [0.5, 0.6) is 0 Å². The number of hydrogen-bond donors (Lipinski definition) is 1. The number of ketones is 2. The first-order chi connectivity index (χ1) is 24.4. The van der Waals surface area contributed by atoms with Gasteiger partial charge in [0.25, 0.3) is 11.7 Å². The van der Waals surface area contributed by atoms with Crippen molar-refractivity contribution in [3.8, 4) is 0 Å². The zero-order valence-electron chi connectivity index (χ0n) is 31.1. The van der Waals surface area contributed by atoms with E-state index >= 15 is 0 Å². The van der Waals surface area contributed by atoms with E-state index in [2.05, 4.69) is 13.0 Å². The fourth-order valence-electron chi connectivity index (χ4n) is 6.57. The summed E-state index contributed by atoms with van der Waals surface area (Å²) < 4.78 is 22.2. The van der Waals surface area contributed by atoms with Crippen molar-refractivity contribution in [1.82, 2.24) is 4.90 Å². The Morgan fingerprint density at radius 1 is 1.04 bits per heavy atom. The maximum absolute atomic E-state index is 13.7. The number of Topliss-reactive ketones (excluding diaryl/α,β-unsaturated/α-hetero) is 2. The van der Waals surface area contributed by atoms with E-state index in [1.165, 1.54) is 12.0 Å². The van der Waals surface area contributed by atoms with Crippen LogP contribution in [-0.4, -0.2) is 91.5 Å². The van der Waals surface area contributed by atoms with Gasteiger partial charge in [0.2, 0.25) is 5.79 Å². The van der Waals surface area contributed by atoms with Crippen molar-refractivity contribution in [1.29, 1.82) is 0 Å². The average molecular weight is 708 g/mol. The van der Waals surface area contributed by atoms with Crippen LogP contribution in [0.2, 0.25) is 0 Å². The highest BCUT2D eigenvalue weighted by molar-refractivity contribution is 6.39. The number of hydrogen-bond acceptors (Lipinski definition) is 9. The first-order valence-corrected chi connectivity index (χ1v) is 18.1. The van der Waals surface area contributed by atoms with E-state index in [-0.39, 0.29) is 43.5 Å². The van der Waals surface area contributed by atoms with Crippen LogP contribution < -0.4 is 0 Å². The first-order valence-electron chi connectivity index (χ1n) is 18.1. The Morgan fingerprint density at radius 3 is 2.49 bits per heavy atom. The maximum Gasteiger partial charge on any atom is 0.329 e. The molecule has 1 unspecified atom stereocenters. The van der Waals surface area contributed by atoms with Gasteiger partial charge in [-0.2, -0.15) is 0 Å². The molecule has 7 atom stereocenters. The molecule has 2 aliphatic heterocycles. The second-order valence-electron chi connectivity index (χ2n) is 13.9. The number of nitrogens with zero attached hydrogens (tertiary/aromatic N) is 1. The molecular weight excluding hydrogens is 650 g/mol. The molecule has 10 heteroatoms. The van der Waals surface area contributed by atoms with Gasteiger partial charge in [0, 0.05) is 39.0 Å². The standard InChI is InChI=1S/C41H57NO9/c1-29(26-31(3)36(43)28-48-5)16-9-7-10-17-30(2)37(49-6)27-34-23-22-32(4)41(47,51-34)38(44)39(45)42-24-14-13-21-35(42)40(46)50-25-15-20-33-18-11-8-12-19-33/h7-12,15-20,29,31-32,34-35,37,47H,13-14,21-28H2,1-6H3/b10-7+,16-9+,20-15-,30-17+/t29-,31-,32-,34+,35?,37+,41-/m1/s1. The number of rotatable bonds is 18. The van der Waals surface area contributed by atoms with Crippen molar-refractivity contribution < 1.29 is 43.2 Å². The van der Waals surface area contributed by atoms with Crippen molar-refractivity contribution in [2.24, 2.45) is 17.8 Å². The molecule has 2 aliphatic rings. The lowest BCUT2D eigenvalue weighted by Crippen LogP contribution is -2.60. The van der Waals surface area contributed by atoms with Crippen molar-refractivity contribution in [2.45, 2.75) is 96.7 Å². The highest BCUT2D eigenvalue weighted by atomic mass is 16.6. The van der Waals surface area contributed by atoms with Gasteiger partial charge in [0.1, 0.15) is 19.3 Å². The van der Waals surface area contributed by atoms with E-state index in [9.17, 15) is 24.3 Å². The Balaban J connectivity index is 1.59. The third kappa shape index (κ3) is 12.5. The molecule has 0 radical (unpaired) electrons. The van der Waals surface area contributed by atoms with E-state index in [4.69, 9.17) is 18.9 Å². The molecule has 1 aromatic carbocycles. The van der Waals surface area contributed by atoms with Gasteiger partial charge in [0.05, 0.1) is 12.2 Å². The molecule has 0 spiro atoms. The van der Waals surface area contributed by atoms with Crippen LogP contribution in [0.25, 0.3) is 6.08 Å². The summed E-state index contributed by atoms with van der Waals surface area (Å²) >= 11 is 0. The van der Waals surface area contributed by atoms with Crippen molar-refractivity contribution in [3.63, 3.8) is 0 Å². The molecule has 2 heterocycles. The number of benzene rings is 1. The average Bonchev–Trinajstić information content (AvgIpc) is 3.13. The van der Waals surface area contributed by atoms with Crippen LogP contribution in [0.1, 0.15) is 78.2 Å². The molecule has 2 saturated heterocycles. The Labute approximate surface area is 303 Å². The van der Waals surface area contributed by atoms with Crippen molar-refractivity contribution in [2.75, 3.05) is 34.0 Å². The van der Waals surface area contributed by atoms with Gasteiger partial charge in [-0.3, -0.25) is 14.4 Å². The molecule has 280 valence electrons. The lowest BCUT2D eigenvalue weighted by Gasteiger charge is -2.42. The Morgan fingerprint density at radius 2 is 1.78 bits per heavy atom. The quantitative estimate of drug-likeness (QED) is 0.110. The molecule has 1 N–H and O–H groups in total. The number of amides is 1. The van der Waals surface area contributed by atoms with Gasteiger partial charge in [-0.1, -0.05) is 87.6 Å². The molecule has 0 aromatic heterocycles. The summed E-state index contributed by atoms with van der Waals surface area (Å²) in [7, 11) is 3.12. The summed E-state index contributed by atoms with van der Waals surface area (Å²) in [6, 6.07) is 8.69. The predicted molar refractivity (Wildman–Crippen MR) is 196 cm³/mol. The smallest absolute Gasteiger partial charge is 0.329 e. The number of ether oxygens (including phenoxy) is 4. The van der Waals surface area contributed by atoms with Crippen LogP contribution in [0.4, 0.5) is 0 Å². The molecule has 1 amide bonds. The number of allylic oxidation sites excluding steroid dienone is 5. The molecule has 0 bridgehead atoms. The van der Waals surface area contributed by atoms with Crippen LogP contribution in [0.15, 0.2) is 72.4 Å². The molecular formula is C41H57NO9. The molecule has 10 nitrogen and oxygen atoms in total. The van der Waals surface area contributed by atoms with E-state index in [1.807, 2.05) is 74.6 Å². The SMILES string of the molecule is COCC(=O)[C@H](C)C[C@H](C)/C=C/C=C/C=C(\C)[C@H](C[C@@H]1CC[C@@H](C)[C@](O)(C(=O)C(=O)N2CCCCC2C(=O)OC/C=C\c2ccccc2)O1)OC. The van der Waals surface area contributed by atoms with E-state index in [0.717, 1.165) is 17.6 Å². The molecule has 0 saturated carbocycles. The monoisotopic (exact) mass is 707 g/mol. The Bertz CT molecular complexity index is 1420. The Kier molecular flexibility index (Phi) is 17.2. The van der Waals surface area contributed by atoms with Gasteiger partial charge in [-0.15, -0.1) is 0 Å². The molecule has 2 fully saturated rings. The zero-order valence-corrected chi connectivity index (χ0v) is 31.1. The van der Waals surface area contributed by atoms with Gasteiger partial charge in [0.15, 0.2) is 5.78 Å². The van der Waals surface area contributed by atoms with Crippen LogP contribution >= 0.6 is 0 Å². The fraction of sp³-hybridized carbons (Fsp3) is 0.561. The largest absolute Gasteiger partial charge is 0.460 e.